The maximum Gasteiger partial charge on any atom is 0.317 e. The van der Waals surface area contributed by atoms with Gasteiger partial charge in [-0.1, -0.05) is 59.3 Å². The molecule has 0 spiro atoms. The van der Waals surface area contributed by atoms with Crippen molar-refractivity contribution in [2.24, 2.45) is 45.3 Å². The molecule has 2 fully saturated rings. The molecular formula is C35H52O8. The first-order valence-electron chi connectivity index (χ1n) is 16.0. The van der Waals surface area contributed by atoms with Gasteiger partial charge in [0.2, 0.25) is 0 Å². The number of esters is 2. The van der Waals surface area contributed by atoms with Gasteiger partial charge in [-0.15, -0.1) is 0 Å². The van der Waals surface area contributed by atoms with Crippen molar-refractivity contribution >= 4 is 23.7 Å². The minimum absolute atomic E-state index is 0.0746. The molecule has 240 valence electrons. The number of aliphatic hydroxyl groups excluding tert-OH is 1. The van der Waals surface area contributed by atoms with Gasteiger partial charge in [-0.2, -0.15) is 0 Å². The van der Waals surface area contributed by atoms with Crippen LogP contribution >= 0.6 is 0 Å². The fraction of sp³-hybridized carbons (Fsp3) is 0.771. The highest BCUT2D eigenvalue weighted by Gasteiger charge is 2.68. The molecule has 9 unspecified atom stereocenters. The van der Waals surface area contributed by atoms with Gasteiger partial charge in [0.15, 0.2) is 5.78 Å². The lowest BCUT2D eigenvalue weighted by molar-refractivity contribution is -0.174. The van der Waals surface area contributed by atoms with E-state index in [1.807, 2.05) is 0 Å². The van der Waals surface area contributed by atoms with Crippen LogP contribution in [0.1, 0.15) is 106 Å². The van der Waals surface area contributed by atoms with E-state index in [2.05, 4.69) is 52.9 Å². The molecule has 0 heterocycles. The van der Waals surface area contributed by atoms with Crippen molar-refractivity contribution in [3.8, 4) is 0 Å². The van der Waals surface area contributed by atoms with Gasteiger partial charge < -0.3 is 19.7 Å². The zero-order valence-corrected chi connectivity index (χ0v) is 27.4. The fourth-order valence-electron chi connectivity index (χ4n) is 9.91. The van der Waals surface area contributed by atoms with Gasteiger partial charge in [0.25, 0.3) is 0 Å². The topological polar surface area (TPSA) is 127 Å². The van der Waals surface area contributed by atoms with E-state index >= 15 is 0 Å². The number of methoxy groups -OCH3 is 1. The third-order valence-corrected chi connectivity index (χ3v) is 13.0. The van der Waals surface area contributed by atoms with Crippen LogP contribution in [0.3, 0.4) is 0 Å². The molecule has 2 saturated carbocycles. The second-order valence-electron chi connectivity index (χ2n) is 15.3. The van der Waals surface area contributed by atoms with Gasteiger partial charge in [-0.25, -0.2) is 0 Å². The van der Waals surface area contributed by atoms with E-state index in [9.17, 15) is 29.4 Å². The van der Waals surface area contributed by atoms with E-state index in [-0.39, 0.29) is 29.0 Å². The third-order valence-electron chi connectivity index (χ3n) is 13.0. The summed E-state index contributed by atoms with van der Waals surface area (Å²) in [4.78, 5) is 49.9. The molecule has 0 bridgehead atoms. The second-order valence-corrected chi connectivity index (χ2v) is 15.3. The van der Waals surface area contributed by atoms with Crippen molar-refractivity contribution in [3.63, 3.8) is 0 Å². The molecular weight excluding hydrogens is 548 g/mol. The Morgan fingerprint density at radius 2 is 1.67 bits per heavy atom. The number of aliphatic carboxylic acids is 1. The Morgan fingerprint density at radius 3 is 2.28 bits per heavy atom. The lowest BCUT2D eigenvalue weighted by Crippen LogP contribution is -2.60. The molecule has 0 saturated heterocycles. The third kappa shape index (κ3) is 5.19. The summed E-state index contributed by atoms with van der Waals surface area (Å²) in [6.07, 6.45) is 3.82. The van der Waals surface area contributed by atoms with E-state index in [1.54, 1.807) is 6.92 Å². The van der Waals surface area contributed by atoms with Crippen molar-refractivity contribution in [1.82, 2.24) is 0 Å². The number of hydrogen-bond acceptors (Lipinski definition) is 7. The summed E-state index contributed by atoms with van der Waals surface area (Å²) < 4.78 is 10.4. The Morgan fingerprint density at radius 1 is 1.02 bits per heavy atom. The summed E-state index contributed by atoms with van der Waals surface area (Å²) in [5.74, 6) is -2.21. The average molecular weight is 601 g/mol. The number of carboxylic acid groups (broad SMARTS) is 1. The van der Waals surface area contributed by atoms with Crippen LogP contribution in [0.25, 0.3) is 0 Å². The molecule has 9 atom stereocenters. The maximum absolute atomic E-state index is 14.3. The number of carbonyl (C=O) groups excluding carboxylic acids is 3. The highest BCUT2D eigenvalue weighted by atomic mass is 16.6. The predicted octanol–water partition coefficient (Wildman–Crippen LogP) is 6.05. The van der Waals surface area contributed by atoms with Gasteiger partial charge in [0, 0.05) is 28.2 Å². The largest absolute Gasteiger partial charge is 0.481 e. The SMILES string of the molecule is C=C(CCC(C)C1CCC2(C)C3=C(CC(O)C12C)C1(C)CCC(OC(=O)CC(=O)OC)C(C)(C)C1CC3=O)C(C)C(=O)O. The average Bonchev–Trinajstić information content (AvgIpc) is 3.22. The first-order valence-corrected chi connectivity index (χ1v) is 16.0. The van der Waals surface area contributed by atoms with Crippen LogP contribution in [0.2, 0.25) is 0 Å². The van der Waals surface area contributed by atoms with Crippen molar-refractivity contribution in [1.29, 1.82) is 0 Å². The van der Waals surface area contributed by atoms with Crippen LogP contribution in [-0.4, -0.2) is 53.2 Å². The fourth-order valence-corrected chi connectivity index (χ4v) is 9.91. The van der Waals surface area contributed by atoms with E-state index in [0.29, 0.717) is 25.7 Å². The molecule has 4 rings (SSSR count). The van der Waals surface area contributed by atoms with Crippen LogP contribution in [0, 0.1) is 45.3 Å². The Kier molecular flexibility index (Phi) is 8.91. The van der Waals surface area contributed by atoms with Crippen molar-refractivity contribution < 1.29 is 38.9 Å². The summed E-state index contributed by atoms with van der Waals surface area (Å²) in [5.41, 5.74) is 0.943. The van der Waals surface area contributed by atoms with Crippen molar-refractivity contribution in [2.45, 2.75) is 118 Å². The summed E-state index contributed by atoms with van der Waals surface area (Å²) >= 11 is 0. The van der Waals surface area contributed by atoms with Crippen LogP contribution < -0.4 is 0 Å². The highest BCUT2D eigenvalue weighted by molar-refractivity contribution is 5.99. The van der Waals surface area contributed by atoms with Gasteiger partial charge >= 0.3 is 17.9 Å². The molecule has 8 heteroatoms. The molecule has 2 N–H and O–H groups in total. The molecule has 0 aliphatic heterocycles. The molecule has 4 aliphatic rings. The minimum Gasteiger partial charge on any atom is -0.481 e. The highest BCUT2D eigenvalue weighted by Crippen LogP contribution is 2.72. The zero-order valence-electron chi connectivity index (χ0n) is 27.4. The Labute approximate surface area is 256 Å². The monoisotopic (exact) mass is 600 g/mol. The number of hydrogen-bond donors (Lipinski definition) is 2. The quantitative estimate of drug-likeness (QED) is 0.186. The first kappa shape index (κ1) is 33.4. The van der Waals surface area contributed by atoms with Crippen LogP contribution in [-0.2, 0) is 28.7 Å². The summed E-state index contributed by atoms with van der Waals surface area (Å²) in [6.45, 7) is 18.6. The summed E-state index contributed by atoms with van der Waals surface area (Å²) in [7, 11) is 1.24. The van der Waals surface area contributed by atoms with Crippen molar-refractivity contribution in [2.75, 3.05) is 7.11 Å². The lowest BCUT2D eigenvalue weighted by Gasteiger charge is -2.62. The number of fused-ring (bicyclic) bond motifs is 4. The van der Waals surface area contributed by atoms with Crippen LogP contribution in [0.15, 0.2) is 23.3 Å². The number of rotatable bonds is 9. The number of ether oxygens (including phenoxy) is 2. The minimum atomic E-state index is -0.862. The molecule has 43 heavy (non-hydrogen) atoms. The van der Waals surface area contributed by atoms with E-state index in [0.717, 1.165) is 42.4 Å². The molecule has 4 aliphatic carbocycles. The van der Waals surface area contributed by atoms with Gasteiger partial charge in [0.05, 0.1) is 19.1 Å². The Bertz CT molecular complexity index is 1230. The van der Waals surface area contributed by atoms with Gasteiger partial charge in [-0.3, -0.25) is 19.2 Å². The second kappa shape index (κ2) is 11.5. The number of aliphatic hydroxyl groups is 1. The maximum atomic E-state index is 14.3. The molecule has 8 nitrogen and oxygen atoms in total. The Balaban J connectivity index is 1.62. The van der Waals surface area contributed by atoms with Crippen LogP contribution in [0.4, 0.5) is 0 Å². The van der Waals surface area contributed by atoms with E-state index in [1.165, 1.54) is 7.11 Å². The normalized spacial score (nSPS) is 37.8. The van der Waals surface area contributed by atoms with Crippen LogP contribution in [0.5, 0.6) is 0 Å². The first-order chi connectivity index (χ1) is 19.9. The van der Waals surface area contributed by atoms with Crippen molar-refractivity contribution in [3.05, 3.63) is 23.3 Å². The lowest BCUT2D eigenvalue weighted by atomic mass is 9.42. The number of Topliss-reactive ketones (excluding diaryl/α,β-unsaturated/α-hetero) is 1. The van der Waals surface area contributed by atoms with Gasteiger partial charge in [0.1, 0.15) is 12.5 Å². The van der Waals surface area contributed by atoms with Gasteiger partial charge in [-0.05, 0) is 75.0 Å². The van der Waals surface area contributed by atoms with E-state index < -0.39 is 58.7 Å². The number of carboxylic acids is 1. The number of carbonyl (C=O) groups is 4. The predicted molar refractivity (Wildman–Crippen MR) is 162 cm³/mol. The summed E-state index contributed by atoms with van der Waals surface area (Å²) in [5, 5.41) is 21.4. The molecule has 0 aromatic rings. The number of allylic oxidation sites excluding steroid dienone is 1. The number of ketones is 1. The standard InChI is InChI=1S/C35H52O8/c1-19(21(3)31(40)41)10-11-20(2)22-12-15-34(7)30-23(16-26(37)35(22,34)8)33(6)14-13-27(43-29(39)18-28(38)42-9)32(4,5)25(33)17-24(30)36/h20-22,25-27,37H,1,10-18H2,2-9H3,(H,40,41). The molecule has 0 radical (unpaired) electrons. The van der Waals surface area contributed by atoms with E-state index in [4.69, 9.17) is 4.74 Å². The summed E-state index contributed by atoms with van der Waals surface area (Å²) in [6, 6.07) is 0. The Hall–Kier alpha value is -2.48. The molecule has 0 aromatic heterocycles. The smallest absolute Gasteiger partial charge is 0.317 e. The molecule has 0 amide bonds. The zero-order chi connectivity index (χ0) is 32.3. The molecule has 0 aromatic carbocycles.